The SMILES string of the molecule is CN1CCN=C1c1ccc(C2(C(=O)O)CC2)cc1. The maximum Gasteiger partial charge on any atom is 0.314 e. The van der Waals surface area contributed by atoms with Gasteiger partial charge in [0.15, 0.2) is 0 Å². The number of benzene rings is 1. The number of amidine groups is 1. The molecule has 1 aromatic rings. The van der Waals surface area contributed by atoms with E-state index in [1.165, 1.54) is 0 Å². The van der Waals surface area contributed by atoms with E-state index in [9.17, 15) is 9.90 Å². The zero-order valence-corrected chi connectivity index (χ0v) is 10.4. The second-order valence-corrected chi connectivity index (χ2v) is 5.09. The molecule has 1 heterocycles. The summed E-state index contributed by atoms with van der Waals surface area (Å²) in [6.07, 6.45) is 1.51. The lowest BCUT2D eigenvalue weighted by atomic mass is 9.95. The van der Waals surface area contributed by atoms with E-state index in [1.54, 1.807) is 0 Å². The summed E-state index contributed by atoms with van der Waals surface area (Å²) in [6.45, 7) is 1.79. The Morgan fingerprint density at radius 1 is 1.33 bits per heavy atom. The van der Waals surface area contributed by atoms with Crippen LogP contribution < -0.4 is 0 Å². The van der Waals surface area contributed by atoms with Crippen LogP contribution in [0.2, 0.25) is 0 Å². The fraction of sp³-hybridized carbons (Fsp3) is 0.429. The molecule has 1 aliphatic carbocycles. The molecule has 0 spiro atoms. The number of carboxylic acids is 1. The first-order chi connectivity index (χ1) is 8.63. The molecule has 3 rings (SSSR count). The molecule has 2 aliphatic rings. The highest BCUT2D eigenvalue weighted by Gasteiger charge is 2.51. The summed E-state index contributed by atoms with van der Waals surface area (Å²) in [5.41, 5.74) is 1.38. The summed E-state index contributed by atoms with van der Waals surface area (Å²) in [6, 6.07) is 7.84. The minimum atomic E-state index is -0.703. The summed E-state index contributed by atoms with van der Waals surface area (Å²) in [5, 5.41) is 9.25. The molecule has 1 saturated carbocycles. The van der Waals surface area contributed by atoms with Gasteiger partial charge in [0, 0.05) is 19.2 Å². The molecule has 1 aliphatic heterocycles. The van der Waals surface area contributed by atoms with Crippen LogP contribution >= 0.6 is 0 Å². The Hall–Kier alpha value is -1.84. The van der Waals surface area contributed by atoms with Crippen LogP contribution in [-0.2, 0) is 10.2 Å². The number of rotatable bonds is 3. The number of carbonyl (C=O) groups is 1. The third-order valence-corrected chi connectivity index (χ3v) is 3.91. The normalized spacial score (nSPS) is 20.7. The first-order valence-corrected chi connectivity index (χ1v) is 6.23. The van der Waals surface area contributed by atoms with Crippen molar-refractivity contribution in [2.75, 3.05) is 20.1 Å². The van der Waals surface area contributed by atoms with Gasteiger partial charge in [-0.1, -0.05) is 24.3 Å². The second kappa shape index (κ2) is 3.83. The Morgan fingerprint density at radius 3 is 2.44 bits per heavy atom. The molecule has 0 radical (unpaired) electrons. The number of carboxylic acid groups (broad SMARTS) is 1. The van der Waals surface area contributed by atoms with Gasteiger partial charge in [0.2, 0.25) is 0 Å². The van der Waals surface area contributed by atoms with Gasteiger partial charge < -0.3 is 10.0 Å². The van der Waals surface area contributed by atoms with E-state index in [4.69, 9.17) is 0 Å². The first-order valence-electron chi connectivity index (χ1n) is 6.23. The molecule has 1 N–H and O–H groups in total. The van der Waals surface area contributed by atoms with Gasteiger partial charge in [-0.05, 0) is 18.4 Å². The average molecular weight is 244 g/mol. The quantitative estimate of drug-likeness (QED) is 0.876. The van der Waals surface area contributed by atoms with Crippen molar-refractivity contribution in [1.82, 2.24) is 4.90 Å². The van der Waals surface area contributed by atoms with Crippen LogP contribution in [0.15, 0.2) is 29.3 Å². The highest BCUT2D eigenvalue weighted by atomic mass is 16.4. The molecule has 94 valence electrons. The van der Waals surface area contributed by atoms with Gasteiger partial charge >= 0.3 is 5.97 Å². The highest BCUT2D eigenvalue weighted by molar-refractivity contribution is 5.99. The summed E-state index contributed by atoms with van der Waals surface area (Å²) in [5.74, 6) is 0.298. The van der Waals surface area contributed by atoms with E-state index in [0.717, 1.165) is 42.9 Å². The van der Waals surface area contributed by atoms with Gasteiger partial charge in [-0.3, -0.25) is 9.79 Å². The number of hydrogen-bond donors (Lipinski definition) is 1. The second-order valence-electron chi connectivity index (χ2n) is 5.09. The largest absolute Gasteiger partial charge is 0.481 e. The Bertz CT molecular complexity index is 515. The van der Waals surface area contributed by atoms with E-state index in [-0.39, 0.29) is 0 Å². The van der Waals surface area contributed by atoms with Crippen molar-refractivity contribution >= 4 is 11.8 Å². The van der Waals surface area contributed by atoms with Crippen molar-refractivity contribution in [2.24, 2.45) is 4.99 Å². The van der Waals surface area contributed by atoms with Crippen LogP contribution in [0.1, 0.15) is 24.0 Å². The van der Waals surface area contributed by atoms with Gasteiger partial charge in [0.1, 0.15) is 5.84 Å². The zero-order chi connectivity index (χ0) is 12.8. The number of aliphatic carboxylic acids is 1. The molecule has 18 heavy (non-hydrogen) atoms. The minimum absolute atomic E-state index is 0.609. The number of likely N-dealkylation sites (N-methyl/N-ethyl adjacent to an activating group) is 1. The van der Waals surface area contributed by atoms with Crippen LogP contribution in [0.3, 0.4) is 0 Å². The maximum atomic E-state index is 11.2. The molecular formula is C14H16N2O2. The molecule has 1 aromatic carbocycles. The summed E-state index contributed by atoms with van der Waals surface area (Å²) in [4.78, 5) is 17.8. The minimum Gasteiger partial charge on any atom is -0.481 e. The predicted octanol–water partition coefficient (Wildman–Crippen LogP) is 1.49. The molecular weight excluding hydrogens is 228 g/mol. The van der Waals surface area contributed by atoms with Gasteiger partial charge in [-0.2, -0.15) is 0 Å². The van der Waals surface area contributed by atoms with E-state index < -0.39 is 11.4 Å². The van der Waals surface area contributed by atoms with Crippen molar-refractivity contribution < 1.29 is 9.90 Å². The van der Waals surface area contributed by atoms with Gasteiger partial charge in [-0.15, -0.1) is 0 Å². The predicted molar refractivity (Wildman–Crippen MR) is 69.0 cm³/mol. The standard InChI is InChI=1S/C14H16N2O2/c1-16-9-8-15-12(16)10-2-4-11(5-3-10)14(6-7-14)13(17)18/h2-5H,6-9H2,1H3,(H,17,18). The molecule has 4 heteroatoms. The smallest absolute Gasteiger partial charge is 0.314 e. The van der Waals surface area contributed by atoms with Crippen molar-refractivity contribution in [3.05, 3.63) is 35.4 Å². The maximum absolute atomic E-state index is 11.2. The molecule has 0 bridgehead atoms. The summed E-state index contributed by atoms with van der Waals surface area (Å²) < 4.78 is 0. The first kappa shape index (κ1) is 11.3. The van der Waals surface area contributed by atoms with E-state index >= 15 is 0 Å². The molecule has 4 nitrogen and oxygen atoms in total. The van der Waals surface area contributed by atoms with Crippen molar-refractivity contribution in [2.45, 2.75) is 18.3 Å². The Kier molecular flexibility index (Phi) is 2.40. The molecule has 1 fully saturated rings. The van der Waals surface area contributed by atoms with Gasteiger partial charge in [0.05, 0.1) is 12.0 Å². The van der Waals surface area contributed by atoms with Crippen molar-refractivity contribution in [1.29, 1.82) is 0 Å². The molecule has 0 unspecified atom stereocenters. The number of aliphatic imine (C=N–C) groups is 1. The van der Waals surface area contributed by atoms with Crippen LogP contribution in [-0.4, -0.2) is 41.9 Å². The summed E-state index contributed by atoms with van der Waals surface area (Å²) in [7, 11) is 2.03. The molecule has 0 amide bonds. The molecule has 0 atom stereocenters. The molecule has 0 aromatic heterocycles. The van der Waals surface area contributed by atoms with Crippen LogP contribution in [0.4, 0.5) is 0 Å². The third kappa shape index (κ3) is 1.60. The Morgan fingerprint density at radius 2 is 2.00 bits per heavy atom. The zero-order valence-electron chi connectivity index (χ0n) is 10.4. The lowest BCUT2D eigenvalue weighted by molar-refractivity contribution is -0.140. The van der Waals surface area contributed by atoms with E-state index in [0.29, 0.717) is 0 Å². The third-order valence-electron chi connectivity index (χ3n) is 3.91. The Balaban J connectivity index is 1.88. The lowest BCUT2D eigenvalue weighted by Gasteiger charge is -2.15. The fourth-order valence-electron chi connectivity index (χ4n) is 2.53. The van der Waals surface area contributed by atoms with Crippen molar-refractivity contribution in [3.8, 4) is 0 Å². The molecule has 0 saturated heterocycles. The van der Waals surface area contributed by atoms with Crippen LogP contribution in [0.25, 0.3) is 0 Å². The van der Waals surface area contributed by atoms with Gasteiger partial charge in [0.25, 0.3) is 0 Å². The van der Waals surface area contributed by atoms with Gasteiger partial charge in [-0.25, -0.2) is 0 Å². The highest BCUT2D eigenvalue weighted by Crippen LogP contribution is 2.48. The van der Waals surface area contributed by atoms with Crippen LogP contribution in [0.5, 0.6) is 0 Å². The monoisotopic (exact) mass is 244 g/mol. The average Bonchev–Trinajstić information content (AvgIpc) is 3.08. The lowest BCUT2D eigenvalue weighted by Crippen LogP contribution is -2.24. The summed E-state index contributed by atoms with van der Waals surface area (Å²) >= 11 is 0. The van der Waals surface area contributed by atoms with E-state index in [1.807, 2.05) is 31.3 Å². The number of nitrogens with zero attached hydrogens (tertiary/aromatic N) is 2. The topological polar surface area (TPSA) is 52.9 Å². The van der Waals surface area contributed by atoms with Crippen LogP contribution in [0, 0.1) is 0 Å². The number of hydrogen-bond acceptors (Lipinski definition) is 3. The van der Waals surface area contributed by atoms with E-state index in [2.05, 4.69) is 9.89 Å². The van der Waals surface area contributed by atoms with Crippen molar-refractivity contribution in [3.63, 3.8) is 0 Å². The fourth-order valence-corrected chi connectivity index (χ4v) is 2.53. The Labute approximate surface area is 106 Å².